The van der Waals surface area contributed by atoms with Gasteiger partial charge in [-0.05, 0) is 43.7 Å². The van der Waals surface area contributed by atoms with E-state index in [0.717, 1.165) is 4.90 Å². The topological polar surface area (TPSA) is 57.7 Å². The van der Waals surface area contributed by atoms with E-state index in [1.807, 2.05) is 0 Å². The number of benzene rings is 2. The van der Waals surface area contributed by atoms with Crippen molar-refractivity contribution in [1.82, 2.24) is 9.80 Å². The van der Waals surface area contributed by atoms with Crippen LogP contribution in [0.3, 0.4) is 0 Å². The van der Waals surface area contributed by atoms with Crippen molar-refractivity contribution in [1.29, 1.82) is 0 Å². The molecule has 5 heteroatoms. The summed E-state index contributed by atoms with van der Waals surface area (Å²) in [5.41, 5.74) is -1.18. The number of hydrogen-bond acceptors (Lipinski definition) is 3. The molecular weight excluding hydrogens is 352 g/mol. The summed E-state index contributed by atoms with van der Waals surface area (Å²) >= 11 is 0. The molecule has 0 bridgehead atoms. The Morgan fingerprint density at radius 1 is 1.07 bits per heavy atom. The summed E-state index contributed by atoms with van der Waals surface area (Å²) in [5.74, 6) is -3.45. The molecule has 0 radical (unpaired) electrons. The molecule has 1 aliphatic carbocycles. The summed E-state index contributed by atoms with van der Waals surface area (Å²) in [6, 6.07) is 13.9. The van der Waals surface area contributed by atoms with Crippen LogP contribution >= 0.6 is 0 Å². The lowest BCUT2D eigenvalue weighted by Crippen LogP contribution is -2.42. The molecular formula is C23H24N2O3. The maximum Gasteiger partial charge on any atom is 0.261 e. The highest BCUT2D eigenvalue weighted by Crippen LogP contribution is 2.56. The van der Waals surface area contributed by atoms with Crippen molar-refractivity contribution in [2.45, 2.75) is 25.5 Å². The minimum atomic E-state index is -3.72. The molecule has 0 unspecified atom stereocenters. The van der Waals surface area contributed by atoms with Crippen LogP contribution in [-0.4, -0.2) is 47.1 Å². The maximum atomic E-state index is 14.1. The summed E-state index contributed by atoms with van der Waals surface area (Å²) < 4.78 is 78.7. The molecule has 1 aliphatic heterocycles. The van der Waals surface area contributed by atoms with E-state index in [-0.39, 0.29) is 34.6 Å². The molecule has 1 fully saturated rings. The van der Waals surface area contributed by atoms with Crippen molar-refractivity contribution in [3.8, 4) is 0 Å². The number of nitrogens with zero attached hydrogens (tertiary/aromatic N) is 2. The van der Waals surface area contributed by atoms with Crippen LogP contribution in [0, 0.1) is 5.92 Å². The SMILES string of the molecule is [2H]C([2H])([2H])C([2H])([2H])N(C(=O)[C@]1(c2ccccc2)C[C@@H]1CN1C(=O)c2ccccc2C1=O)C([2H])([2H])C([2H])([2H])[2H]. The molecule has 2 aliphatic rings. The number of imide groups is 1. The van der Waals surface area contributed by atoms with Crippen molar-refractivity contribution >= 4 is 17.7 Å². The normalized spacial score (nSPS) is 30.1. The standard InChI is InChI=1S/C23H24N2O3/c1-3-24(4-2)22(28)23(16-10-6-5-7-11-16)14-17(23)15-25-20(26)18-12-8-9-13-19(18)21(25)27/h5-13,17H,3-4,14-15H2,1-2H3/t17-,23+/m1/s1/i1D3,2D3,3D2,4D2. The highest BCUT2D eigenvalue weighted by Gasteiger charge is 2.63. The number of amides is 3. The highest BCUT2D eigenvalue weighted by molar-refractivity contribution is 6.21. The molecule has 0 saturated heterocycles. The van der Waals surface area contributed by atoms with E-state index < -0.39 is 55.8 Å². The van der Waals surface area contributed by atoms with E-state index in [0.29, 0.717) is 0 Å². The summed E-state index contributed by atoms with van der Waals surface area (Å²) in [7, 11) is 0. The third kappa shape index (κ3) is 2.65. The van der Waals surface area contributed by atoms with Crippen LogP contribution in [0.5, 0.6) is 0 Å². The van der Waals surface area contributed by atoms with Gasteiger partial charge >= 0.3 is 0 Å². The van der Waals surface area contributed by atoms with Gasteiger partial charge < -0.3 is 4.90 Å². The lowest BCUT2D eigenvalue weighted by Gasteiger charge is -2.27. The van der Waals surface area contributed by atoms with Crippen molar-refractivity contribution in [2.75, 3.05) is 19.5 Å². The minimum absolute atomic E-state index is 0.103. The molecule has 5 nitrogen and oxygen atoms in total. The van der Waals surface area contributed by atoms with Crippen LogP contribution in [0.25, 0.3) is 0 Å². The molecule has 0 N–H and O–H groups in total. The fourth-order valence-corrected chi connectivity index (χ4v) is 3.98. The molecule has 0 aromatic heterocycles. The first-order valence-electron chi connectivity index (χ1n) is 13.7. The molecule has 4 rings (SSSR count). The molecule has 2 aromatic carbocycles. The molecule has 1 heterocycles. The first kappa shape index (κ1) is 10.0. The second kappa shape index (κ2) is 6.89. The Morgan fingerprint density at radius 2 is 1.64 bits per heavy atom. The second-order valence-electron chi connectivity index (χ2n) is 6.87. The van der Waals surface area contributed by atoms with Crippen molar-refractivity contribution in [2.24, 2.45) is 5.92 Å². The molecule has 28 heavy (non-hydrogen) atoms. The lowest BCUT2D eigenvalue weighted by molar-refractivity contribution is -0.134. The van der Waals surface area contributed by atoms with E-state index in [1.165, 1.54) is 24.3 Å². The Morgan fingerprint density at radius 3 is 2.21 bits per heavy atom. The fourth-order valence-electron chi connectivity index (χ4n) is 3.98. The zero-order valence-electron chi connectivity index (χ0n) is 24.8. The smallest absolute Gasteiger partial charge is 0.261 e. The van der Waals surface area contributed by atoms with Gasteiger partial charge in [-0.15, -0.1) is 0 Å². The molecule has 2 aromatic rings. The van der Waals surface area contributed by atoms with E-state index in [9.17, 15) is 14.4 Å². The molecule has 1 saturated carbocycles. The highest BCUT2D eigenvalue weighted by atomic mass is 16.2. The van der Waals surface area contributed by atoms with Gasteiger partial charge in [0, 0.05) is 33.2 Å². The molecule has 2 atom stereocenters. The molecule has 0 spiro atoms. The number of hydrogen-bond donors (Lipinski definition) is 0. The average molecular weight is 387 g/mol. The van der Waals surface area contributed by atoms with E-state index in [2.05, 4.69) is 0 Å². The average Bonchev–Trinajstić information content (AvgIpc) is 3.50. The zero-order chi connectivity index (χ0) is 28.5. The van der Waals surface area contributed by atoms with E-state index in [1.54, 1.807) is 30.3 Å². The summed E-state index contributed by atoms with van der Waals surface area (Å²) in [6.45, 7) is -14.9. The Balaban J connectivity index is 1.80. The second-order valence-corrected chi connectivity index (χ2v) is 6.87. The summed E-state index contributed by atoms with van der Waals surface area (Å²) in [6.07, 6.45) is -0.103. The Bertz CT molecular complexity index is 1230. The number of likely N-dealkylation sites (N-methyl/N-ethyl adjacent to an activating group) is 1. The van der Waals surface area contributed by atoms with Crippen molar-refractivity contribution in [3.05, 3.63) is 71.3 Å². The summed E-state index contributed by atoms with van der Waals surface area (Å²) in [4.78, 5) is 40.6. The molecule has 144 valence electrons. The minimum Gasteiger partial charge on any atom is -0.342 e. The Hall–Kier alpha value is -2.95. The van der Waals surface area contributed by atoms with Crippen LogP contribution in [0.1, 0.15) is 60.1 Å². The largest absolute Gasteiger partial charge is 0.342 e. The van der Waals surface area contributed by atoms with Gasteiger partial charge in [0.15, 0.2) is 0 Å². The number of fused-ring (bicyclic) bond motifs is 1. The van der Waals surface area contributed by atoms with Crippen molar-refractivity contribution < 1.29 is 28.1 Å². The number of rotatable bonds is 6. The summed E-state index contributed by atoms with van der Waals surface area (Å²) in [5, 5.41) is 0. The van der Waals surface area contributed by atoms with Crippen LogP contribution in [0.15, 0.2) is 54.6 Å². The Kier molecular flexibility index (Phi) is 2.46. The number of carbonyl (C=O) groups excluding carboxylic acids is 3. The first-order chi connectivity index (χ1) is 17.4. The third-order valence-corrected chi connectivity index (χ3v) is 5.48. The van der Waals surface area contributed by atoms with Crippen molar-refractivity contribution in [3.63, 3.8) is 0 Å². The quantitative estimate of drug-likeness (QED) is 0.717. The number of carbonyl (C=O) groups is 3. The van der Waals surface area contributed by atoms with Gasteiger partial charge in [-0.3, -0.25) is 19.3 Å². The van der Waals surface area contributed by atoms with E-state index >= 15 is 0 Å². The first-order valence-corrected chi connectivity index (χ1v) is 8.74. The van der Waals surface area contributed by atoms with Gasteiger partial charge in [0.25, 0.3) is 11.8 Å². The maximum absolute atomic E-state index is 14.1. The van der Waals surface area contributed by atoms with Crippen LogP contribution in [-0.2, 0) is 10.2 Å². The predicted octanol–water partition coefficient (Wildman–Crippen LogP) is 3.11. The van der Waals surface area contributed by atoms with Gasteiger partial charge in [0.1, 0.15) is 0 Å². The Labute approximate surface area is 179 Å². The third-order valence-electron chi connectivity index (χ3n) is 5.48. The van der Waals surface area contributed by atoms with Gasteiger partial charge in [-0.2, -0.15) is 0 Å². The fraction of sp³-hybridized carbons (Fsp3) is 0.348. The van der Waals surface area contributed by atoms with E-state index in [4.69, 9.17) is 13.7 Å². The monoisotopic (exact) mass is 386 g/mol. The van der Waals surface area contributed by atoms with Gasteiger partial charge in [-0.25, -0.2) is 0 Å². The van der Waals surface area contributed by atoms with Gasteiger partial charge in [0.2, 0.25) is 5.91 Å². The van der Waals surface area contributed by atoms with Crippen LogP contribution in [0.4, 0.5) is 0 Å². The van der Waals surface area contributed by atoms with Crippen LogP contribution < -0.4 is 0 Å². The van der Waals surface area contributed by atoms with Gasteiger partial charge in [0.05, 0.1) is 16.5 Å². The van der Waals surface area contributed by atoms with Crippen LogP contribution in [0.2, 0.25) is 0 Å². The zero-order valence-corrected chi connectivity index (χ0v) is 14.8. The lowest BCUT2D eigenvalue weighted by atomic mass is 9.91. The van der Waals surface area contributed by atoms with Gasteiger partial charge in [-0.1, -0.05) is 42.5 Å². The predicted molar refractivity (Wildman–Crippen MR) is 106 cm³/mol. The molecule has 3 amide bonds.